The molecule has 0 fully saturated rings. The quantitative estimate of drug-likeness (QED) is 0.306. The number of nitrogens with one attached hydrogen (secondary N) is 2. The molecule has 0 aliphatic rings. The Balaban J connectivity index is 1.59. The van der Waals surface area contributed by atoms with Crippen molar-refractivity contribution in [2.45, 2.75) is 20.3 Å². The van der Waals surface area contributed by atoms with Crippen LogP contribution in [0.15, 0.2) is 60.9 Å². The van der Waals surface area contributed by atoms with Crippen LogP contribution in [0.1, 0.15) is 22.4 Å². The van der Waals surface area contributed by atoms with Gasteiger partial charge in [-0.1, -0.05) is 12.1 Å². The minimum absolute atomic E-state index is 0.106. The fraction of sp³-hybridized carbons (Fsp3) is 0.148. The third-order valence-electron chi connectivity index (χ3n) is 6.07. The first-order valence-electron chi connectivity index (χ1n) is 11.1. The molecular weight excluding hydrogens is 448 g/mol. The average molecular weight is 472 g/mol. The number of anilines is 2. The van der Waals surface area contributed by atoms with Crippen molar-refractivity contribution in [2.24, 2.45) is 0 Å². The summed E-state index contributed by atoms with van der Waals surface area (Å²) in [6, 6.07) is 12.9. The number of H-pyrrole nitrogens is 1. The van der Waals surface area contributed by atoms with E-state index in [1.165, 1.54) is 0 Å². The molecule has 2 aromatic carbocycles. The number of rotatable bonds is 6. The molecule has 0 saturated heterocycles. The highest BCUT2D eigenvalue weighted by molar-refractivity contribution is 5.92. The van der Waals surface area contributed by atoms with Gasteiger partial charge in [-0.15, -0.1) is 0 Å². The highest BCUT2D eigenvalue weighted by Gasteiger charge is 2.17. The Morgan fingerprint density at radius 3 is 2.60 bits per heavy atom. The van der Waals surface area contributed by atoms with Crippen LogP contribution < -0.4 is 10.1 Å². The second-order valence-electron chi connectivity index (χ2n) is 8.32. The van der Waals surface area contributed by atoms with E-state index in [0.29, 0.717) is 28.8 Å². The van der Waals surface area contributed by atoms with Gasteiger partial charge < -0.3 is 10.1 Å². The van der Waals surface area contributed by atoms with Crippen molar-refractivity contribution in [3.05, 3.63) is 94.9 Å². The van der Waals surface area contributed by atoms with Gasteiger partial charge in [0.05, 0.1) is 18.5 Å². The van der Waals surface area contributed by atoms with Crippen LogP contribution in [0, 0.1) is 25.5 Å². The zero-order valence-electron chi connectivity index (χ0n) is 19.5. The van der Waals surface area contributed by atoms with E-state index >= 15 is 0 Å². The maximum Gasteiger partial charge on any atom is 0.134 e. The second kappa shape index (κ2) is 9.13. The van der Waals surface area contributed by atoms with Gasteiger partial charge >= 0.3 is 0 Å². The fourth-order valence-corrected chi connectivity index (χ4v) is 4.00. The lowest BCUT2D eigenvalue weighted by molar-refractivity contribution is 0.414. The van der Waals surface area contributed by atoms with Crippen LogP contribution >= 0.6 is 0 Å². The minimum atomic E-state index is -0.535. The molecule has 0 amide bonds. The van der Waals surface area contributed by atoms with E-state index in [-0.39, 0.29) is 5.56 Å². The molecule has 35 heavy (non-hydrogen) atoms. The predicted molar refractivity (Wildman–Crippen MR) is 132 cm³/mol. The lowest BCUT2D eigenvalue weighted by Gasteiger charge is -2.17. The normalized spacial score (nSPS) is 11.1. The summed E-state index contributed by atoms with van der Waals surface area (Å²) >= 11 is 0. The number of aromatic nitrogens is 4. The summed E-state index contributed by atoms with van der Waals surface area (Å²) in [5.74, 6) is -0.273. The number of benzene rings is 2. The van der Waals surface area contributed by atoms with Crippen molar-refractivity contribution in [3.8, 4) is 17.0 Å². The van der Waals surface area contributed by atoms with E-state index in [4.69, 9.17) is 4.74 Å². The maximum atomic E-state index is 14.5. The number of halogens is 2. The second-order valence-corrected chi connectivity index (χ2v) is 8.32. The monoisotopic (exact) mass is 471 g/mol. The van der Waals surface area contributed by atoms with E-state index in [1.807, 2.05) is 44.3 Å². The first-order chi connectivity index (χ1) is 16.9. The summed E-state index contributed by atoms with van der Waals surface area (Å²) in [6.45, 7) is 3.78. The molecule has 0 bridgehead atoms. The highest BCUT2D eigenvalue weighted by Crippen LogP contribution is 2.34. The number of aryl methyl sites for hydroxylation is 1. The molecule has 0 radical (unpaired) electrons. The molecular formula is C27H23F2N5O. The van der Waals surface area contributed by atoms with Crippen molar-refractivity contribution >= 4 is 22.4 Å². The van der Waals surface area contributed by atoms with E-state index in [2.05, 4.69) is 25.5 Å². The van der Waals surface area contributed by atoms with Crippen LogP contribution in [-0.4, -0.2) is 27.3 Å². The van der Waals surface area contributed by atoms with Gasteiger partial charge in [0.15, 0.2) is 0 Å². The Morgan fingerprint density at radius 2 is 1.83 bits per heavy atom. The molecule has 176 valence electrons. The largest absolute Gasteiger partial charge is 0.497 e. The molecule has 0 spiro atoms. The Kier molecular flexibility index (Phi) is 5.86. The molecule has 0 aliphatic heterocycles. The van der Waals surface area contributed by atoms with E-state index in [1.54, 1.807) is 19.4 Å². The lowest BCUT2D eigenvalue weighted by Crippen LogP contribution is -2.04. The zero-order chi connectivity index (χ0) is 24.5. The number of nitrogens with zero attached hydrogens (tertiary/aromatic N) is 3. The first kappa shape index (κ1) is 22.5. The van der Waals surface area contributed by atoms with Crippen LogP contribution in [0.5, 0.6) is 5.75 Å². The Bertz CT molecular complexity index is 1530. The molecule has 2 N–H and O–H groups in total. The van der Waals surface area contributed by atoms with Gasteiger partial charge in [-0.2, -0.15) is 5.10 Å². The predicted octanol–water partition coefficient (Wildman–Crippen LogP) is 6.26. The Morgan fingerprint density at radius 1 is 1.03 bits per heavy atom. The van der Waals surface area contributed by atoms with Crippen LogP contribution in [0.25, 0.3) is 22.3 Å². The van der Waals surface area contributed by atoms with Crippen molar-refractivity contribution < 1.29 is 13.5 Å². The van der Waals surface area contributed by atoms with Crippen molar-refractivity contribution in [3.63, 3.8) is 0 Å². The minimum Gasteiger partial charge on any atom is -0.497 e. The molecule has 5 rings (SSSR count). The van der Waals surface area contributed by atoms with Crippen LogP contribution in [0.4, 0.5) is 20.2 Å². The third kappa shape index (κ3) is 4.42. The number of methoxy groups -OCH3 is 1. The van der Waals surface area contributed by atoms with Crippen LogP contribution in [0.3, 0.4) is 0 Å². The molecule has 5 aromatic rings. The number of fused-ring (bicyclic) bond motifs is 1. The molecule has 6 nitrogen and oxygen atoms in total. The van der Waals surface area contributed by atoms with Crippen LogP contribution in [-0.2, 0) is 6.42 Å². The maximum absolute atomic E-state index is 14.5. The standard InChI is InChI=1S/C27H23F2N5O/c1-15-16(2)32-24(21-11-19(28)6-9-22(21)29)12-23(15)33-26-18(13-30-25-14-31-34-27(25)26)10-17-4-7-20(35-3)8-5-17/h4-9,11-14H,10H2,1-3H3,(H,31,34)(H,30,32,33). The summed E-state index contributed by atoms with van der Waals surface area (Å²) in [5.41, 5.74) is 6.96. The van der Waals surface area contributed by atoms with Gasteiger partial charge in [-0.3, -0.25) is 15.1 Å². The smallest absolute Gasteiger partial charge is 0.134 e. The highest BCUT2D eigenvalue weighted by atomic mass is 19.1. The number of hydrogen-bond acceptors (Lipinski definition) is 5. The van der Waals surface area contributed by atoms with E-state index in [0.717, 1.165) is 52.0 Å². The fourth-order valence-electron chi connectivity index (χ4n) is 4.00. The summed E-state index contributed by atoms with van der Waals surface area (Å²) in [6.07, 6.45) is 4.16. The Hall–Kier alpha value is -4.33. The SMILES string of the molecule is COc1ccc(Cc2cnc3c[nH]nc3c2Nc2cc(-c3cc(F)ccc3F)nc(C)c2C)cc1. The number of ether oxygens (including phenoxy) is 1. The van der Waals surface area contributed by atoms with Crippen molar-refractivity contribution in [1.82, 2.24) is 20.2 Å². The lowest BCUT2D eigenvalue weighted by atomic mass is 10.0. The zero-order valence-corrected chi connectivity index (χ0v) is 19.5. The van der Waals surface area contributed by atoms with Gasteiger partial charge in [-0.25, -0.2) is 8.78 Å². The molecule has 0 saturated carbocycles. The molecule has 3 heterocycles. The summed E-state index contributed by atoms with van der Waals surface area (Å²) < 4.78 is 33.6. The average Bonchev–Trinajstić information content (AvgIpc) is 3.34. The van der Waals surface area contributed by atoms with Gasteiger partial charge in [0.1, 0.15) is 28.4 Å². The number of hydrogen-bond donors (Lipinski definition) is 2. The van der Waals surface area contributed by atoms with Gasteiger partial charge in [0, 0.05) is 41.3 Å². The number of pyridine rings is 2. The van der Waals surface area contributed by atoms with Crippen molar-refractivity contribution in [1.29, 1.82) is 0 Å². The molecule has 0 atom stereocenters. The first-order valence-corrected chi connectivity index (χ1v) is 11.1. The third-order valence-corrected chi connectivity index (χ3v) is 6.07. The molecule has 8 heteroatoms. The van der Waals surface area contributed by atoms with Gasteiger partial charge in [0.2, 0.25) is 0 Å². The summed E-state index contributed by atoms with van der Waals surface area (Å²) in [7, 11) is 1.63. The van der Waals surface area contributed by atoms with Crippen molar-refractivity contribution in [2.75, 3.05) is 12.4 Å². The molecule has 0 aliphatic carbocycles. The van der Waals surface area contributed by atoms with E-state index in [9.17, 15) is 8.78 Å². The Labute approximate surface area is 201 Å². The van der Waals surface area contributed by atoms with Crippen LogP contribution in [0.2, 0.25) is 0 Å². The molecule has 3 aromatic heterocycles. The number of aromatic amines is 1. The summed E-state index contributed by atoms with van der Waals surface area (Å²) in [5, 5.41) is 10.8. The molecule has 0 unspecified atom stereocenters. The van der Waals surface area contributed by atoms with Gasteiger partial charge in [-0.05, 0) is 61.4 Å². The van der Waals surface area contributed by atoms with E-state index < -0.39 is 11.6 Å². The summed E-state index contributed by atoms with van der Waals surface area (Å²) in [4.78, 5) is 9.05. The topological polar surface area (TPSA) is 75.7 Å². The van der Waals surface area contributed by atoms with Gasteiger partial charge in [0.25, 0.3) is 0 Å².